The Morgan fingerprint density at radius 3 is 1.70 bits per heavy atom. The van der Waals surface area contributed by atoms with E-state index >= 15 is 0 Å². The number of benzene rings is 2. The Morgan fingerprint density at radius 2 is 1.25 bits per heavy atom. The Labute approximate surface area is 121 Å². The maximum Gasteiger partial charge on any atom is 0.0986 e. The molecule has 0 aliphatic carbocycles. The minimum atomic E-state index is -0.515. The Kier molecular flexibility index (Phi) is 5.33. The number of hydrogen-bond acceptors (Lipinski definition) is 2. The summed E-state index contributed by atoms with van der Waals surface area (Å²) in [6.45, 7) is 6.11. The second kappa shape index (κ2) is 7.22. The first-order valence-electron chi connectivity index (χ1n) is 7.30. The lowest BCUT2D eigenvalue weighted by atomic mass is 9.94. The summed E-state index contributed by atoms with van der Waals surface area (Å²) < 4.78 is 0. The number of aliphatic hydroxyl groups is 1. The molecule has 0 spiro atoms. The van der Waals surface area contributed by atoms with Gasteiger partial charge < -0.3 is 5.11 Å². The smallest absolute Gasteiger partial charge is 0.0986 e. The van der Waals surface area contributed by atoms with Crippen molar-refractivity contribution >= 4 is 0 Å². The van der Waals surface area contributed by atoms with Gasteiger partial charge in [-0.1, -0.05) is 74.5 Å². The van der Waals surface area contributed by atoms with Gasteiger partial charge in [0.05, 0.1) is 12.1 Å². The molecule has 0 saturated heterocycles. The van der Waals surface area contributed by atoms with Crippen LogP contribution >= 0.6 is 0 Å². The van der Waals surface area contributed by atoms with Gasteiger partial charge in [0.2, 0.25) is 0 Å². The topological polar surface area (TPSA) is 23.5 Å². The van der Waals surface area contributed by atoms with Gasteiger partial charge in [0.25, 0.3) is 0 Å². The summed E-state index contributed by atoms with van der Waals surface area (Å²) in [5.74, 6) is 0. The fraction of sp³-hybridized carbons (Fsp3) is 0.333. The summed E-state index contributed by atoms with van der Waals surface area (Å²) in [4.78, 5) is 2.30. The van der Waals surface area contributed by atoms with Crippen molar-refractivity contribution in [3.05, 3.63) is 71.8 Å². The second-order valence-corrected chi connectivity index (χ2v) is 4.93. The van der Waals surface area contributed by atoms with Crippen molar-refractivity contribution in [1.82, 2.24) is 4.90 Å². The molecule has 2 aromatic rings. The van der Waals surface area contributed by atoms with Gasteiger partial charge in [0, 0.05) is 0 Å². The summed E-state index contributed by atoms with van der Waals surface area (Å²) in [6.07, 6.45) is -0.515. The zero-order valence-corrected chi connectivity index (χ0v) is 12.2. The lowest BCUT2D eigenvalue weighted by Crippen LogP contribution is -2.32. The van der Waals surface area contributed by atoms with Gasteiger partial charge in [-0.3, -0.25) is 4.90 Å². The van der Waals surface area contributed by atoms with Gasteiger partial charge in [-0.25, -0.2) is 0 Å². The summed E-state index contributed by atoms with van der Waals surface area (Å²) in [6, 6.07) is 20.2. The Bertz CT molecular complexity index is 493. The molecule has 0 radical (unpaired) electrons. The molecule has 1 N–H and O–H groups in total. The first kappa shape index (κ1) is 14.8. The molecule has 0 saturated carbocycles. The van der Waals surface area contributed by atoms with E-state index in [1.54, 1.807) is 0 Å². The van der Waals surface area contributed by atoms with Crippen molar-refractivity contribution in [1.29, 1.82) is 0 Å². The van der Waals surface area contributed by atoms with Gasteiger partial charge in [0.1, 0.15) is 0 Å². The third-order valence-corrected chi connectivity index (χ3v) is 3.79. The van der Waals surface area contributed by atoms with E-state index in [1.165, 1.54) is 0 Å². The van der Waals surface area contributed by atoms with E-state index in [-0.39, 0.29) is 6.04 Å². The molecule has 0 amide bonds. The van der Waals surface area contributed by atoms with Crippen molar-refractivity contribution in [2.24, 2.45) is 0 Å². The van der Waals surface area contributed by atoms with Crippen LogP contribution in [0, 0.1) is 0 Å². The van der Waals surface area contributed by atoms with Gasteiger partial charge in [-0.2, -0.15) is 0 Å². The average Bonchev–Trinajstić information content (AvgIpc) is 2.53. The molecule has 2 unspecified atom stereocenters. The fourth-order valence-electron chi connectivity index (χ4n) is 2.69. The standard InChI is InChI=1S/C18H23NO/c1-3-19(4-2)17(15-11-7-5-8-12-15)18(20)16-13-9-6-10-14-16/h5-14,17-18,20H,3-4H2,1-2H3. The highest BCUT2D eigenvalue weighted by molar-refractivity contribution is 5.26. The molecule has 20 heavy (non-hydrogen) atoms. The van der Waals surface area contributed by atoms with Crippen molar-refractivity contribution in [2.45, 2.75) is 26.0 Å². The van der Waals surface area contributed by atoms with Crippen molar-refractivity contribution < 1.29 is 5.11 Å². The monoisotopic (exact) mass is 269 g/mol. The number of rotatable bonds is 6. The first-order valence-corrected chi connectivity index (χ1v) is 7.30. The summed E-state index contributed by atoms with van der Waals surface area (Å²) in [5, 5.41) is 10.8. The first-order chi connectivity index (χ1) is 9.77. The molecule has 2 nitrogen and oxygen atoms in total. The number of aliphatic hydroxyl groups excluding tert-OH is 1. The van der Waals surface area contributed by atoms with Crippen LogP contribution in [0.2, 0.25) is 0 Å². The van der Waals surface area contributed by atoms with Crippen LogP contribution in [0.5, 0.6) is 0 Å². The van der Waals surface area contributed by atoms with E-state index in [9.17, 15) is 5.11 Å². The average molecular weight is 269 g/mol. The molecule has 106 valence electrons. The van der Waals surface area contributed by atoms with Crippen LogP contribution in [-0.4, -0.2) is 23.1 Å². The van der Waals surface area contributed by atoms with E-state index in [1.807, 2.05) is 48.5 Å². The van der Waals surface area contributed by atoms with E-state index in [2.05, 4.69) is 30.9 Å². The zero-order valence-electron chi connectivity index (χ0n) is 12.2. The summed E-state index contributed by atoms with van der Waals surface area (Å²) >= 11 is 0. The lowest BCUT2D eigenvalue weighted by molar-refractivity contribution is 0.0528. The highest BCUT2D eigenvalue weighted by atomic mass is 16.3. The largest absolute Gasteiger partial charge is 0.386 e. The van der Waals surface area contributed by atoms with Crippen molar-refractivity contribution in [2.75, 3.05) is 13.1 Å². The molecule has 2 heteroatoms. The SMILES string of the molecule is CCN(CC)C(c1ccccc1)C(O)c1ccccc1. The van der Waals surface area contributed by atoms with Crippen LogP contribution in [0.3, 0.4) is 0 Å². The second-order valence-electron chi connectivity index (χ2n) is 4.93. The molecule has 0 aromatic heterocycles. The van der Waals surface area contributed by atoms with Crippen molar-refractivity contribution in [3.8, 4) is 0 Å². The molecule has 0 aliphatic rings. The Balaban J connectivity index is 2.36. The molecule has 0 heterocycles. The third-order valence-electron chi connectivity index (χ3n) is 3.79. The molecule has 0 bridgehead atoms. The molecule has 2 rings (SSSR count). The quantitative estimate of drug-likeness (QED) is 0.862. The van der Waals surface area contributed by atoms with Gasteiger partial charge >= 0.3 is 0 Å². The zero-order chi connectivity index (χ0) is 14.4. The van der Waals surface area contributed by atoms with Crippen LogP contribution in [-0.2, 0) is 0 Å². The molecular weight excluding hydrogens is 246 g/mol. The lowest BCUT2D eigenvalue weighted by Gasteiger charge is -2.34. The van der Waals surface area contributed by atoms with Crippen LogP contribution in [0.1, 0.15) is 37.1 Å². The maximum atomic E-state index is 10.8. The van der Waals surface area contributed by atoms with Gasteiger partial charge in [0.15, 0.2) is 0 Å². The maximum absolute atomic E-state index is 10.8. The number of hydrogen-bond donors (Lipinski definition) is 1. The molecule has 2 atom stereocenters. The van der Waals surface area contributed by atoms with Gasteiger partial charge in [-0.05, 0) is 24.2 Å². The molecular formula is C18H23NO. The third kappa shape index (κ3) is 3.27. The highest BCUT2D eigenvalue weighted by Gasteiger charge is 2.26. The molecule has 0 aliphatic heterocycles. The number of likely N-dealkylation sites (N-methyl/N-ethyl adjacent to an activating group) is 1. The van der Waals surface area contributed by atoms with Crippen LogP contribution in [0.15, 0.2) is 60.7 Å². The minimum Gasteiger partial charge on any atom is -0.386 e. The van der Waals surface area contributed by atoms with Gasteiger partial charge in [-0.15, -0.1) is 0 Å². The fourth-order valence-corrected chi connectivity index (χ4v) is 2.69. The Hall–Kier alpha value is -1.64. The molecule has 2 aromatic carbocycles. The Morgan fingerprint density at radius 1 is 0.800 bits per heavy atom. The van der Waals surface area contributed by atoms with Crippen LogP contribution in [0.4, 0.5) is 0 Å². The van der Waals surface area contributed by atoms with Crippen LogP contribution < -0.4 is 0 Å². The minimum absolute atomic E-state index is 0.00593. The van der Waals surface area contributed by atoms with Crippen LogP contribution in [0.25, 0.3) is 0 Å². The van der Waals surface area contributed by atoms with Crippen molar-refractivity contribution in [3.63, 3.8) is 0 Å². The van der Waals surface area contributed by atoms with E-state index in [0.29, 0.717) is 0 Å². The van der Waals surface area contributed by atoms with E-state index in [4.69, 9.17) is 0 Å². The number of nitrogens with zero attached hydrogens (tertiary/aromatic N) is 1. The van der Waals surface area contributed by atoms with E-state index in [0.717, 1.165) is 24.2 Å². The highest BCUT2D eigenvalue weighted by Crippen LogP contribution is 2.33. The summed E-state index contributed by atoms with van der Waals surface area (Å²) in [5.41, 5.74) is 2.13. The predicted octanol–water partition coefficient (Wildman–Crippen LogP) is 3.80. The predicted molar refractivity (Wildman–Crippen MR) is 83.5 cm³/mol. The normalized spacial score (nSPS) is 14.2. The van der Waals surface area contributed by atoms with E-state index < -0.39 is 6.10 Å². The summed E-state index contributed by atoms with van der Waals surface area (Å²) in [7, 11) is 0. The molecule has 0 fully saturated rings.